The van der Waals surface area contributed by atoms with Crippen LogP contribution in [0.3, 0.4) is 0 Å². The number of hydrogen-bond donors (Lipinski definition) is 1. The molecular weight excluding hydrogens is 352 g/mol. The molecule has 2 rings (SSSR count). The van der Waals surface area contributed by atoms with Gasteiger partial charge in [-0.3, -0.25) is 4.72 Å². The number of benzene rings is 1. The Hall–Kier alpha value is -1.11. The fourth-order valence-corrected chi connectivity index (χ4v) is 2.97. The minimum Gasteiger partial charge on any atom is -0.276 e. The van der Waals surface area contributed by atoms with Crippen LogP contribution in [0.4, 0.5) is 5.69 Å². The SMILES string of the molecule is Cc1cnc(Cl)c(NS(=O)(=O)c2ccc(Br)cc2)c1. The molecule has 0 atom stereocenters. The number of halogens is 2. The van der Waals surface area contributed by atoms with Crippen LogP contribution in [0.15, 0.2) is 45.9 Å². The number of nitrogens with one attached hydrogen (secondary N) is 1. The van der Waals surface area contributed by atoms with Gasteiger partial charge in [-0.15, -0.1) is 0 Å². The van der Waals surface area contributed by atoms with Crippen LogP contribution in [0.1, 0.15) is 5.56 Å². The van der Waals surface area contributed by atoms with E-state index in [0.29, 0.717) is 0 Å². The molecule has 0 aliphatic heterocycles. The van der Waals surface area contributed by atoms with Gasteiger partial charge < -0.3 is 0 Å². The number of aromatic nitrogens is 1. The Morgan fingerprint density at radius 3 is 2.53 bits per heavy atom. The summed E-state index contributed by atoms with van der Waals surface area (Å²) in [6, 6.07) is 7.95. The van der Waals surface area contributed by atoms with Crippen LogP contribution in [0.25, 0.3) is 0 Å². The number of anilines is 1. The molecule has 0 aliphatic carbocycles. The van der Waals surface area contributed by atoms with E-state index in [9.17, 15) is 8.42 Å². The van der Waals surface area contributed by atoms with Gasteiger partial charge in [0.25, 0.3) is 10.0 Å². The summed E-state index contributed by atoms with van der Waals surface area (Å²) in [5.74, 6) is 0. The lowest BCUT2D eigenvalue weighted by atomic mass is 10.3. The second-order valence-electron chi connectivity index (χ2n) is 3.91. The first kappa shape index (κ1) is 14.3. The number of nitrogens with zero attached hydrogens (tertiary/aromatic N) is 1. The van der Waals surface area contributed by atoms with Crippen molar-refractivity contribution >= 4 is 43.2 Å². The van der Waals surface area contributed by atoms with Crippen LogP contribution < -0.4 is 4.72 Å². The average Bonchev–Trinajstić information content (AvgIpc) is 2.34. The first-order valence-corrected chi connectivity index (χ1v) is 7.94. The Morgan fingerprint density at radius 2 is 1.89 bits per heavy atom. The van der Waals surface area contributed by atoms with E-state index in [1.165, 1.54) is 12.1 Å². The summed E-state index contributed by atoms with van der Waals surface area (Å²) in [5.41, 5.74) is 1.09. The van der Waals surface area contributed by atoms with Gasteiger partial charge in [-0.1, -0.05) is 27.5 Å². The molecule has 2 aromatic rings. The highest BCUT2D eigenvalue weighted by Crippen LogP contribution is 2.24. The van der Waals surface area contributed by atoms with E-state index in [1.807, 2.05) is 0 Å². The van der Waals surface area contributed by atoms with E-state index in [-0.39, 0.29) is 15.7 Å². The standard InChI is InChI=1S/C12H10BrClN2O2S/c1-8-6-11(12(14)15-7-8)16-19(17,18)10-4-2-9(13)3-5-10/h2-7,16H,1H3. The van der Waals surface area contributed by atoms with Gasteiger partial charge in [0.2, 0.25) is 0 Å². The lowest BCUT2D eigenvalue weighted by molar-refractivity contribution is 0.601. The molecule has 0 unspecified atom stereocenters. The Morgan fingerprint density at radius 1 is 1.26 bits per heavy atom. The zero-order valence-electron chi connectivity index (χ0n) is 9.89. The van der Waals surface area contributed by atoms with E-state index in [0.717, 1.165) is 10.0 Å². The number of aryl methyl sites for hydroxylation is 1. The minimum absolute atomic E-state index is 0.117. The summed E-state index contributed by atoms with van der Waals surface area (Å²) in [6.07, 6.45) is 1.57. The third-order valence-corrected chi connectivity index (χ3v) is 4.56. The second-order valence-corrected chi connectivity index (χ2v) is 6.87. The number of sulfonamides is 1. The Kier molecular flexibility index (Phi) is 4.13. The van der Waals surface area contributed by atoms with Gasteiger partial charge in [-0.2, -0.15) is 0 Å². The molecule has 7 heteroatoms. The van der Waals surface area contributed by atoms with Crippen molar-refractivity contribution in [2.45, 2.75) is 11.8 Å². The molecule has 0 fully saturated rings. The first-order valence-electron chi connectivity index (χ1n) is 5.29. The van der Waals surface area contributed by atoms with E-state index in [4.69, 9.17) is 11.6 Å². The van der Waals surface area contributed by atoms with Crippen molar-refractivity contribution in [3.63, 3.8) is 0 Å². The van der Waals surface area contributed by atoms with Crippen molar-refractivity contribution in [3.05, 3.63) is 51.7 Å². The molecule has 1 N–H and O–H groups in total. The molecule has 100 valence electrons. The lowest BCUT2D eigenvalue weighted by Crippen LogP contribution is -2.13. The van der Waals surface area contributed by atoms with Crippen molar-refractivity contribution in [2.24, 2.45) is 0 Å². The predicted molar refractivity (Wildman–Crippen MR) is 78.9 cm³/mol. The van der Waals surface area contributed by atoms with Crippen LogP contribution in [-0.2, 0) is 10.0 Å². The fourth-order valence-electron chi connectivity index (χ4n) is 1.44. The third kappa shape index (κ3) is 3.46. The molecule has 0 bridgehead atoms. The van der Waals surface area contributed by atoms with Gasteiger partial charge in [0.05, 0.1) is 10.6 Å². The van der Waals surface area contributed by atoms with Gasteiger partial charge in [0.15, 0.2) is 5.15 Å². The quantitative estimate of drug-likeness (QED) is 0.850. The summed E-state index contributed by atoms with van der Waals surface area (Å²) in [7, 11) is -3.66. The van der Waals surface area contributed by atoms with Gasteiger partial charge >= 0.3 is 0 Å². The van der Waals surface area contributed by atoms with Crippen LogP contribution in [0.5, 0.6) is 0 Å². The fraction of sp³-hybridized carbons (Fsp3) is 0.0833. The molecule has 19 heavy (non-hydrogen) atoms. The van der Waals surface area contributed by atoms with Crippen LogP contribution in [-0.4, -0.2) is 13.4 Å². The molecular formula is C12H10BrClN2O2S. The Labute approximate surface area is 125 Å². The van der Waals surface area contributed by atoms with E-state index >= 15 is 0 Å². The summed E-state index contributed by atoms with van der Waals surface area (Å²) >= 11 is 9.12. The molecule has 4 nitrogen and oxygen atoms in total. The molecule has 0 saturated carbocycles. The minimum atomic E-state index is -3.66. The van der Waals surface area contributed by atoms with Crippen LogP contribution in [0, 0.1) is 6.92 Å². The Bertz CT molecular complexity index is 702. The zero-order chi connectivity index (χ0) is 14.0. The molecule has 0 saturated heterocycles. The monoisotopic (exact) mass is 360 g/mol. The Balaban J connectivity index is 2.36. The highest BCUT2D eigenvalue weighted by molar-refractivity contribution is 9.10. The molecule has 0 spiro atoms. The normalized spacial score (nSPS) is 11.3. The van der Waals surface area contributed by atoms with Crippen LogP contribution >= 0.6 is 27.5 Å². The van der Waals surface area contributed by atoms with Gasteiger partial charge in [-0.05, 0) is 42.8 Å². The van der Waals surface area contributed by atoms with E-state index in [2.05, 4.69) is 25.6 Å². The second kappa shape index (κ2) is 5.48. The molecule has 1 aromatic carbocycles. The maximum absolute atomic E-state index is 12.2. The number of hydrogen-bond acceptors (Lipinski definition) is 3. The number of rotatable bonds is 3. The van der Waals surface area contributed by atoms with Gasteiger partial charge in [0, 0.05) is 10.7 Å². The van der Waals surface area contributed by atoms with Crippen molar-refractivity contribution in [1.82, 2.24) is 4.98 Å². The topological polar surface area (TPSA) is 59.1 Å². The maximum atomic E-state index is 12.2. The zero-order valence-corrected chi connectivity index (χ0v) is 13.1. The van der Waals surface area contributed by atoms with Crippen LogP contribution in [0.2, 0.25) is 5.15 Å². The van der Waals surface area contributed by atoms with Crippen molar-refractivity contribution in [3.8, 4) is 0 Å². The van der Waals surface area contributed by atoms with Gasteiger partial charge in [-0.25, -0.2) is 13.4 Å². The van der Waals surface area contributed by atoms with E-state index in [1.54, 1.807) is 31.3 Å². The lowest BCUT2D eigenvalue weighted by Gasteiger charge is -2.09. The number of pyridine rings is 1. The molecule has 1 heterocycles. The summed E-state index contributed by atoms with van der Waals surface area (Å²) in [4.78, 5) is 4.06. The van der Waals surface area contributed by atoms with Crippen molar-refractivity contribution in [2.75, 3.05) is 4.72 Å². The van der Waals surface area contributed by atoms with Crippen molar-refractivity contribution in [1.29, 1.82) is 0 Å². The third-order valence-electron chi connectivity index (χ3n) is 2.34. The molecule has 0 amide bonds. The summed E-state index contributed by atoms with van der Waals surface area (Å²) in [5, 5.41) is 0.117. The highest BCUT2D eigenvalue weighted by Gasteiger charge is 2.16. The largest absolute Gasteiger partial charge is 0.276 e. The molecule has 0 radical (unpaired) electrons. The van der Waals surface area contributed by atoms with Gasteiger partial charge in [0.1, 0.15) is 0 Å². The predicted octanol–water partition coefficient (Wildman–Crippen LogP) is 3.61. The highest BCUT2D eigenvalue weighted by atomic mass is 79.9. The van der Waals surface area contributed by atoms with Crippen molar-refractivity contribution < 1.29 is 8.42 Å². The molecule has 1 aromatic heterocycles. The smallest absolute Gasteiger partial charge is 0.261 e. The van der Waals surface area contributed by atoms with E-state index < -0.39 is 10.0 Å². The first-order chi connectivity index (χ1) is 8.88. The maximum Gasteiger partial charge on any atom is 0.261 e. The molecule has 0 aliphatic rings. The average molecular weight is 362 g/mol. The summed E-state index contributed by atoms with van der Waals surface area (Å²) < 4.78 is 27.6. The summed E-state index contributed by atoms with van der Waals surface area (Å²) in [6.45, 7) is 1.81.